The van der Waals surface area contributed by atoms with Gasteiger partial charge in [0.15, 0.2) is 0 Å². The van der Waals surface area contributed by atoms with Crippen molar-refractivity contribution >= 4 is 27.5 Å². The second kappa shape index (κ2) is 6.67. The molecule has 2 aromatic heterocycles. The van der Waals surface area contributed by atoms with E-state index in [1.165, 1.54) is 0 Å². The van der Waals surface area contributed by atoms with Gasteiger partial charge in [-0.3, -0.25) is 9.67 Å². The van der Waals surface area contributed by atoms with E-state index in [1.807, 2.05) is 25.1 Å². The predicted molar refractivity (Wildman–Crippen MR) is 81.8 cm³/mol. The van der Waals surface area contributed by atoms with Gasteiger partial charge in [-0.15, -0.1) is 0 Å². The lowest BCUT2D eigenvalue weighted by Crippen LogP contribution is -2.21. The molecule has 1 atom stereocenters. The zero-order chi connectivity index (χ0) is 14.7. The molecule has 7 heteroatoms. The molecule has 108 valence electrons. The summed E-state index contributed by atoms with van der Waals surface area (Å²) in [5.74, 6) is 0. The number of aliphatic hydroxyl groups excluding tert-OH is 1. The molecule has 20 heavy (non-hydrogen) atoms. The molecule has 0 saturated carbocycles. The Bertz CT molecular complexity index is 588. The standard InChI is InChI=1S/C13H16BrClN4O/c1-18(2)3-4-19-12(11(15)8-17-19)13(20)9-5-10(14)7-16-6-9/h5-8,13,20H,3-4H2,1-2H3. The molecule has 0 aliphatic heterocycles. The van der Waals surface area contributed by atoms with Crippen LogP contribution in [0.1, 0.15) is 17.4 Å². The predicted octanol–water partition coefficient (Wildman–Crippen LogP) is 2.34. The lowest BCUT2D eigenvalue weighted by Gasteiger charge is -2.16. The molecule has 5 nitrogen and oxygen atoms in total. The van der Waals surface area contributed by atoms with Gasteiger partial charge >= 0.3 is 0 Å². The van der Waals surface area contributed by atoms with Gasteiger partial charge in [0, 0.05) is 29.0 Å². The highest BCUT2D eigenvalue weighted by Gasteiger charge is 2.20. The SMILES string of the molecule is CN(C)CCn1ncc(Cl)c1C(O)c1cncc(Br)c1. The van der Waals surface area contributed by atoms with Crippen LogP contribution in [0.3, 0.4) is 0 Å². The average Bonchev–Trinajstić information content (AvgIpc) is 2.76. The molecule has 0 fully saturated rings. The van der Waals surface area contributed by atoms with E-state index in [2.05, 4.69) is 26.0 Å². The molecular formula is C13H16BrClN4O. The maximum absolute atomic E-state index is 10.5. The van der Waals surface area contributed by atoms with Crippen molar-refractivity contribution in [3.63, 3.8) is 0 Å². The number of halogens is 2. The first kappa shape index (κ1) is 15.4. The van der Waals surface area contributed by atoms with Crippen molar-refractivity contribution in [3.8, 4) is 0 Å². The summed E-state index contributed by atoms with van der Waals surface area (Å²) in [6, 6.07) is 1.82. The van der Waals surface area contributed by atoms with E-state index in [0.29, 0.717) is 22.8 Å². The third kappa shape index (κ3) is 3.58. The third-order valence-corrected chi connectivity index (χ3v) is 3.62. The average molecular weight is 360 g/mol. The molecule has 0 bridgehead atoms. The van der Waals surface area contributed by atoms with Crippen molar-refractivity contribution in [3.05, 3.63) is 45.4 Å². The van der Waals surface area contributed by atoms with Crippen molar-refractivity contribution in [1.82, 2.24) is 19.7 Å². The van der Waals surface area contributed by atoms with Crippen molar-refractivity contribution in [2.75, 3.05) is 20.6 Å². The molecule has 1 unspecified atom stereocenters. The maximum Gasteiger partial charge on any atom is 0.124 e. The topological polar surface area (TPSA) is 54.2 Å². The van der Waals surface area contributed by atoms with Crippen molar-refractivity contribution in [1.29, 1.82) is 0 Å². The number of aromatic nitrogens is 3. The van der Waals surface area contributed by atoms with E-state index in [9.17, 15) is 5.11 Å². The number of nitrogens with zero attached hydrogens (tertiary/aromatic N) is 4. The van der Waals surface area contributed by atoms with Crippen LogP contribution in [0.4, 0.5) is 0 Å². The summed E-state index contributed by atoms with van der Waals surface area (Å²) in [5, 5.41) is 15.2. The highest BCUT2D eigenvalue weighted by Crippen LogP contribution is 2.28. The lowest BCUT2D eigenvalue weighted by atomic mass is 10.1. The first-order chi connectivity index (χ1) is 9.49. The number of pyridine rings is 1. The van der Waals surface area contributed by atoms with Crippen LogP contribution in [-0.4, -0.2) is 45.4 Å². The summed E-state index contributed by atoms with van der Waals surface area (Å²) in [4.78, 5) is 6.11. The number of likely N-dealkylation sites (N-methyl/N-ethyl adjacent to an activating group) is 1. The highest BCUT2D eigenvalue weighted by atomic mass is 79.9. The smallest absolute Gasteiger partial charge is 0.124 e. The van der Waals surface area contributed by atoms with Crippen LogP contribution >= 0.6 is 27.5 Å². The molecule has 0 radical (unpaired) electrons. The summed E-state index contributed by atoms with van der Waals surface area (Å²) in [7, 11) is 3.97. The van der Waals surface area contributed by atoms with E-state index in [1.54, 1.807) is 23.3 Å². The van der Waals surface area contributed by atoms with E-state index in [0.717, 1.165) is 11.0 Å². The minimum absolute atomic E-state index is 0.455. The largest absolute Gasteiger partial charge is 0.382 e. The van der Waals surface area contributed by atoms with Crippen LogP contribution in [0.25, 0.3) is 0 Å². The molecular weight excluding hydrogens is 344 g/mol. The molecule has 1 N–H and O–H groups in total. The molecule has 0 aromatic carbocycles. The third-order valence-electron chi connectivity index (χ3n) is 2.89. The molecule has 0 aliphatic carbocycles. The first-order valence-electron chi connectivity index (χ1n) is 6.13. The first-order valence-corrected chi connectivity index (χ1v) is 7.30. The Kier molecular flexibility index (Phi) is 5.15. The van der Waals surface area contributed by atoms with Crippen molar-refractivity contribution < 1.29 is 5.11 Å². The van der Waals surface area contributed by atoms with Gasteiger partial charge in [-0.1, -0.05) is 11.6 Å². The maximum atomic E-state index is 10.5. The van der Waals surface area contributed by atoms with Crippen LogP contribution in [-0.2, 0) is 6.54 Å². The quantitative estimate of drug-likeness (QED) is 0.890. The summed E-state index contributed by atoms with van der Waals surface area (Å²) >= 11 is 9.50. The second-order valence-electron chi connectivity index (χ2n) is 4.74. The number of hydrogen-bond donors (Lipinski definition) is 1. The number of rotatable bonds is 5. The van der Waals surface area contributed by atoms with E-state index < -0.39 is 6.10 Å². The van der Waals surface area contributed by atoms with Crippen LogP contribution in [0, 0.1) is 0 Å². The summed E-state index contributed by atoms with van der Waals surface area (Å²) in [6.45, 7) is 1.47. The minimum atomic E-state index is -0.850. The van der Waals surface area contributed by atoms with Crippen molar-refractivity contribution in [2.24, 2.45) is 0 Å². The van der Waals surface area contributed by atoms with Crippen LogP contribution in [0.5, 0.6) is 0 Å². The molecule has 0 saturated heterocycles. The monoisotopic (exact) mass is 358 g/mol. The lowest BCUT2D eigenvalue weighted by molar-refractivity contribution is 0.205. The fourth-order valence-electron chi connectivity index (χ4n) is 1.85. The van der Waals surface area contributed by atoms with Crippen molar-refractivity contribution in [2.45, 2.75) is 12.6 Å². The van der Waals surface area contributed by atoms with Gasteiger partial charge in [0.2, 0.25) is 0 Å². The van der Waals surface area contributed by atoms with E-state index >= 15 is 0 Å². The molecule has 0 amide bonds. The molecule has 0 spiro atoms. The Morgan fingerprint density at radius 3 is 2.80 bits per heavy atom. The minimum Gasteiger partial charge on any atom is -0.382 e. The van der Waals surface area contributed by atoms with Crippen LogP contribution in [0.15, 0.2) is 29.1 Å². The van der Waals surface area contributed by atoms with E-state index in [-0.39, 0.29) is 0 Å². The van der Waals surface area contributed by atoms with Gasteiger partial charge in [0.25, 0.3) is 0 Å². The highest BCUT2D eigenvalue weighted by molar-refractivity contribution is 9.10. The summed E-state index contributed by atoms with van der Waals surface area (Å²) in [6.07, 6.45) is 3.99. The fourth-order valence-corrected chi connectivity index (χ4v) is 2.48. The van der Waals surface area contributed by atoms with Crippen LogP contribution < -0.4 is 0 Å². The van der Waals surface area contributed by atoms with Gasteiger partial charge < -0.3 is 10.0 Å². The Hall–Kier alpha value is -0.950. The Balaban J connectivity index is 2.29. The zero-order valence-electron chi connectivity index (χ0n) is 11.3. The fraction of sp³-hybridized carbons (Fsp3) is 0.385. The van der Waals surface area contributed by atoms with Gasteiger partial charge in [-0.05, 0) is 36.1 Å². The Labute approximate surface area is 131 Å². The zero-order valence-corrected chi connectivity index (χ0v) is 13.6. The van der Waals surface area contributed by atoms with E-state index in [4.69, 9.17) is 11.6 Å². The Morgan fingerprint density at radius 1 is 1.40 bits per heavy atom. The number of aliphatic hydroxyl groups is 1. The Morgan fingerprint density at radius 2 is 2.15 bits per heavy atom. The van der Waals surface area contributed by atoms with Gasteiger partial charge in [0.05, 0.1) is 23.5 Å². The second-order valence-corrected chi connectivity index (χ2v) is 6.07. The summed E-state index contributed by atoms with van der Waals surface area (Å²) in [5.41, 5.74) is 1.27. The molecule has 2 rings (SSSR count). The van der Waals surface area contributed by atoms with Gasteiger partial charge in [-0.25, -0.2) is 0 Å². The normalized spacial score (nSPS) is 12.9. The van der Waals surface area contributed by atoms with Crippen LogP contribution in [0.2, 0.25) is 5.02 Å². The van der Waals surface area contributed by atoms with Gasteiger partial charge in [-0.2, -0.15) is 5.10 Å². The molecule has 2 aromatic rings. The number of hydrogen-bond acceptors (Lipinski definition) is 4. The molecule has 2 heterocycles. The van der Waals surface area contributed by atoms with Gasteiger partial charge in [0.1, 0.15) is 6.10 Å². The summed E-state index contributed by atoms with van der Waals surface area (Å²) < 4.78 is 2.54. The molecule has 0 aliphatic rings.